The van der Waals surface area contributed by atoms with Gasteiger partial charge in [-0.2, -0.15) is 0 Å². The molecule has 1 heterocycles. The first-order valence-corrected chi connectivity index (χ1v) is 5.63. The fourth-order valence-electron chi connectivity index (χ4n) is 1.18. The van der Waals surface area contributed by atoms with Crippen molar-refractivity contribution in [3.05, 3.63) is 31.1 Å². The van der Waals surface area contributed by atoms with E-state index in [1.807, 2.05) is 0 Å². The van der Waals surface area contributed by atoms with Crippen LogP contribution in [0.4, 0.5) is 14.5 Å². The SMILES string of the molecule is COC(=O)Cc1nc(C(F)F)c(I)cc1[N+](=O)[O-]. The van der Waals surface area contributed by atoms with Gasteiger partial charge in [0.1, 0.15) is 11.4 Å². The quantitative estimate of drug-likeness (QED) is 0.351. The highest BCUT2D eigenvalue weighted by molar-refractivity contribution is 14.1. The highest BCUT2D eigenvalue weighted by atomic mass is 127. The number of hydrogen-bond acceptors (Lipinski definition) is 5. The second kappa shape index (κ2) is 5.98. The van der Waals surface area contributed by atoms with Crippen LogP contribution in [0.3, 0.4) is 0 Å². The first-order valence-electron chi connectivity index (χ1n) is 4.55. The van der Waals surface area contributed by atoms with Crippen molar-refractivity contribution in [2.24, 2.45) is 0 Å². The lowest BCUT2D eigenvalue weighted by Crippen LogP contribution is -2.11. The van der Waals surface area contributed by atoms with Crippen LogP contribution in [-0.2, 0) is 16.0 Å². The van der Waals surface area contributed by atoms with Gasteiger partial charge in [-0.15, -0.1) is 0 Å². The van der Waals surface area contributed by atoms with Crippen LogP contribution in [0.25, 0.3) is 0 Å². The number of ether oxygens (including phenoxy) is 1. The number of nitro groups is 1. The van der Waals surface area contributed by atoms with Gasteiger partial charge in [-0.05, 0) is 22.6 Å². The Morgan fingerprint density at radius 2 is 2.28 bits per heavy atom. The summed E-state index contributed by atoms with van der Waals surface area (Å²) in [7, 11) is 1.09. The van der Waals surface area contributed by atoms with E-state index in [1.165, 1.54) is 22.6 Å². The minimum Gasteiger partial charge on any atom is -0.469 e. The fraction of sp³-hybridized carbons (Fsp3) is 0.333. The van der Waals surface area contributed by atoms with Gasteiger partial charge in [0.25, 0.3) is 12.1 Å². The van der Waals surface area contributed by atoms with Gasteiger partial charge in [-0.1, -0.05) is 0 Å². The van der Waals surface area contributed by atoms with Crippen LogP contribution >= 0.6 is 22.6 Å². The van der Waals surface area contributed by atoms with E-state index in [9.17, 15) is 23.7 Å². The topological polar surface area (TPSA) is 82.3 Å². The lowest BCUT2D eigenvalue weighted by Gasteiger charge is -2.06. The summed E-state index contributed by atoms with van der Waals surface area (Å²) in [6, 6.07) is 0.966. The molecule has 18 heavy (non-hydrogen) atoms. The Morgan fingerprint density at radius 1 is 1.67 bits per heavy atom. The molecular formula is C9H7F2IN2O4. The van der Waals surface area contributed by atoms with Gasteiger partial charge in [-0.3, -0.25) is 14.9 Å². The standard InChI is InChI=1S/C9H7F2IN2O4/c1-18-7(15)3-5-6(14(16)17)2-4(12)8(13-5)9(10)11/h2,9H,3H2,1H3. The minimum absolute atomic E-state index is 0.0251. The number of carbonyl (C=O) groups excluding carboxylic acids is 1. The number of alkyl halides is 2. The lowest BCUT2D eigenvalue weighted by atomic mass is 10.2. The van der Waals surface area contributed by atoms with Gasteiger partial charge < -0.3 is 4.74 Å². The van der Waals surface area contributed by atoms with Crippen molar-refractivity contribution in [2.75, 3.05) is 7.11 Å². The molecule has 1 aromatic rings. The molecule has 0 saturated heterocycles. The number of esters is 1. The van der Waals surface area contributed by atoms with Gasteiger partial charge in [0.15, 0.2) is 0 Å². The molecule has 0 amide bonds. The Bertz CT molecular complexity index is 496. The highest BCUT2D eigenvalue weighted by Gasteiger charge is 2.24. The van der Waals surface area contributed by atoms with E-state index in [0.29, 0.717) is 0 Å². The molecule has 0 unspecified atom stereocenters. The van der Waals surface area contributed by atoms with E-state index >= 15 is 0 Å². The van der Waals surface area contributed by atoms with Gasteiger partial charge in [0.2, 0.25) is 0 Å². The third-order valence-corrected chi connectivity index (χ3v) is 2.87. The molecule has 0 aliphatic rings. The van der Waals surface area contributed by atoms with E-state index in [4.69, 9.17) is 0 Å². The molecule has 0 spiro atoms. The van der Waals surface area contributed by atoms with E-state index in [0.717, 1.165) is 13.2 Å². The molecular weight excluding hydrogens is 365 g/mol. The van der Waals surface area contributed by atoms with Crippen molar-refractivity contribution in [1.82, 2.24) is 4.98 Å². The highest BCUT2D eigenvalue weighted by Crippen LogP contribution is 2.28. The summed E-state index contributed by atoms with van der Waals surface area (Å²) >= 11 is 1.53. The van der Waals surface area contributed by atoms with Crippen molar-refractivity contribution in [3.63, 3.8) is 0 Å². The molecule has 0 saturated carbocycles. The van der Waals surface area contributed by atoms with Crippen LogP contribution in [0.5, 0.6) is 0 Å². The van der Waals surface area contributed by atoms with Gasteiger partial charge >= 0.3 is 5.97 Å². The number of rotatable bonds is 4. The van der Waals surface area contributed by atoms with Crippen LogP contribution in [0, 0.1) is 13.7 Å². The van der Waals surface area contributed by atoms with Crippen LogP contribution in [-0.4, -0.2) is 23.0 Å². The van der Waals surface area contributed by atoms with Crippen LogP contribution < -0.4 is 0 Å². The molecule has 0 fully saturated rings. The number of nitrogens with zero attached hydrogens (tertiary/aromatic N) is 2. The molecule has 9 heteroatoms. The van der Waals surface area contributed by atoms with Crippen LogP contribution in [0.1, 0.15) is 17.8 Å². The van der Waals surface area contributed by atoms with Gasteiger partial charge in [0, 0.05) is 9.64 Å². The zero-order valence-electron chi connectivity index (χ0n) is 9.02. The third kappa shape index (κ3) is 3.31. The molecule has 0 atom stereocenters. The van der Waals surface area contributed by atoms with E-state index < -0.39 is 35.1 Å². The summed E-state index contributed by atoms with van der Waals surface area (Å²) < 4.78 is 29.5. The fourth-order valence-corrected chi connectivity index (χ4v) is 1.83. The average Bonchev–Trinajstić information content (AvgIpc) is 2.29. The van der Waals surface area contributed by atoms with Crippen molar-refractivity contribution < 1.29 is 23.2 Å². The summed E-state index contributed by atoms with van der Waals surface area (Å²) in [4.78, 5) is 24.5. The minimum atomic E-state index is -2.87. The number of halogens is 3. The summed E-state index contributed by atoms with van der Waals surface area (Å²) in [5, 5.41) is 10.7. The van der Waals surface area contributed by atoms with Crippen LogP contribution in [0.2, 0.25) is 0 Å². The Labute approximate surface area is 114 Å². The van der Waals surface area contributed by atoms with Crippen molar-refractivity contribution in [2.45, 2.75) is 12.8 Å². The average molecular weight is 372 g/mol. The molecule has 1 rings (SSSR count). The van der Waals surface area contributed by atoms with E-state index in [-0.39, 0.29) is 9.26 Å². The monoisotopic (exact) mass is 372 g/mol. The number of hydrogen-bond donors (Lipinski definition) is 0. The molecule has 0 aliphatic carbocycles. The van der Waals surface area contributed by atoms with Crippen molar-refractivity contribution >= 4 is 34.2 Å². The number of pyridine rings is 1. The molecule has 6 nitrogen and oxygen atoms in total. The van der Waals surface area contributed by atoms with E-state index in [1.54, 1.807) is 0 Å². The molecule has 0 bridgehead atoms. The molecule has 1 aromatic heterocycles. The predicted octanol–water partition coefficient (Wildman–Crippen LogP) is 2.25. The summed E-state index contributed by atoms with van der Waals surface area (Å²) in [5.74, 6) is -0.785. The molecule has 0 radical (unpaired) electrons. The number of methoxy groups -OCH3 is 1. The zero-order valence-corrected chi connectivity index (χ0v) is 11.2. The lowest BCUT2D eigenvalue weighted by molar-refractivity contribution is -0.386. The second-order valence-corrected chi connectivity index (χ2v) is 4.29. The van der Waals surface area contributed by atoms with Crippen molar-refractivity contribution in [1.29, 1.82) is 0 Å². The Balaban J connectivity index is 3.30. The maximum absolute atomic E-state index is 12.6. The summed E-state index contributed by atoms with van der Waals surface area (Å²) in [6.45, 7) is 0. The van der Waals surface area contributed by atoms with E-state index in [2.05, 4.69) is 9.72 Å². The molecule has 0 aromatic carbocycles. The summed E-state index contributed by atoms with van der Waals surface area (Å²) in [6.07, 6.45) is -3.39. The van der Waals surface area contributed by atoms with Gasteiger partial charge in [-0.25, -0.2) is 13.8 Å². The Hall–Kier alpha value is -1.39. The number of aromatic nitrogens is 1. The first kappa shape index (κ1) is 14.7. The molecule has 98 valence electrons. The number of carbonyl (C=O) groups is 1. The first-order chi connectivity index (χ1) is 8.36. The smallest absolute Gasteiger partial charge is 0.311 e. The Kier molecular flexibility index (Phi) is 4.87. The molecule has 0 N–H and O–H groups in total. The maximum Gasteiger partial charge on any atom is 0.311 e. The largest absolute Gasteiger partial charge is 0.469 e. The molecule has 0 aliphatic heterocycles. The van der Waals surface area contributed by atoms with Crippen molar-refractivity contribution in [3.8, 4) is 0 Å². The Morgan fingerprint density at radius 3 is 2.72 bits per heavy atom. The summed E-state index contributed by atoms with van der Waals surface area (Å²) in [5.41, 5.74) is -1.39. The van der Waals surface area contributed by atoms with Crippen LogP contribution in [0.15, 0.2) is 6.07 Å². The third-order valence-electron chi connectivity index (χ3n) is 2.00. The second-order valence-electron chi connectivity index (χ2n) is 3.13. The predicted molar refractivity (Wildman–Crippen MR) is 64.3 cm³/mol. The normalized spacial score (nSPS) is 10.5. The zero-order chi connectivity index (χ0) is 13.9. The maximum atomic E-state index is 12.6. The van der Waals surface area contributed by atoms with Gasteiger partial charge in [0.05, 0.1) is 18.5 Å².